The van der Waals surface area contributed by atoms with Crippen LogP contribution in [0, 0.1) is 5.92 Å². The lowest BCUT2D eigenvalue weighted by molar-refractivity contribution is 0.122. The molecular formula is C25H36N4O5S2. The summed E-state index contributed by atoms with van der Waals surface area (Å²) < 4.78 is 28.6. The van der Waals surface area contributed by atoms with Gasteiger partial charge in [0.05, 0.1) is 22.7 Å². The Bertz CT molecular complexity index is 1130. The maximum absolute atomic E-state index is 13.1. The molecule has 5 N–H and O–H groups in total. The van der Waals surface area contributed by atoms with Gasteiger partial charge < -0.3 is 20.4 Å². The van der Waals surface area contributed by atoms with Crippen LogP contribution in [0.1, 0.15) is 33.3 Å². The number of hydrogen-bond donors (Lipinski definition) is 5. The molecule has 9 nitrogen and oxygen atoms in total. The third-order valence-corrected chi connectivity index (χ3v) is 8.28. The monoisotopic (exact) mass is 536 g/mol. The van der Waals surface area contributed by atoms with Crippen molar-refractivity contribution in [3.8, 4) is 0 Å². The molecular weight excluding hydrogens is 500 g/mol. The van der Waals surface area contributed by atoms with Crippen molar-refractivity contribution in [1.29, 1.82) is 0 Å². The highest BCUT2D eigenvalue weighted by atomic mass is 32.2. The van der Waals surface area contributed by atoms with E-state index < -0.39 is 28.3 Å². The summed E-state index contributed by atoms with van der Waals surface area (Å²) in [7, 11) is -3.93. The van der Waals surface area contributed by atoms with E-state index in [9.17, 15) is 23.4 Å². The van der Waals surface area contributed by atoms with Crippen molar-refractivity contribution in [3.63, 3.8) is 0 Å². The Morgan fingerprint density at radius 2 is 1.81 bits per heavy atom. The van der Waals surface area contributed by atoms with Crippen LogP contribution in [0.25, 0.3) is 0 Å². The normalized spacial score (nSPS) is 17.3. The van der Waals surface area contributed by atoms with Crippen LogP contribution in [0.3, 0.4) is 0 Å². The lowest BCUT2D eigenvalue weighted by Gasteiger charge is -2.30. The summed E-state index contributed by atoms with van der Waals surface area (Å²) in [6.07, 6.45) is -2.33. The Balaban J connectivity index is 1.73. The van der Waals surface area contributed by atoms with Crippen LogP contribution in [0.5, 0.6) is 0 Å². The van der Waals surface area contributed by atoms with E-state index in [1.165, 1.54) is 0 Å². The fraction of sp³-hybridized carbons (Fsp3) is 0.480. The number of amides is 1. The number of anilines is 1. The fourth-order valence-electron chi connectivity index (χ4n) is 4.03. The molecule has 0 aromatic heterocycles. The fourth-order valence-corrected chi connectivity index (χ4v) is 6.59. The second-order valence-electron chi connectivity index (χ2n) is 9.63. The highest BCUT2D eigenvalue weighted by Gasteiger charge is 2.32. The zero-order valence-electron chi connectivity index (χ0n) is 21.0. The zero-order valence-corrected chi connectivity index (χ0v) is 22.6. The summed E-state index contributed by atoms with van der Waals surface area (Å²) in [4.78, 5) is 14.5. The Hall–Kier alpha value is -2.31. The van der Waals surface area contributed by atoms with Gasteiger partial charge in [0.1, 0.15) is 5.50 Å². The first-order valence-corrected chi connectivity index (χ1v) is 14.4. The van der Waals surface area contributed by atoms with Crippen molar-refractivity contribution in [2.45, 2.75) is 67.6 Å². The number of benzene rings is 2. The average Bonchev–Trinajstić information content (AvgIpc) is 3.12. The van der Waals surface area contributed by atoms with Gasteiger partial charge in [0, 0.05) is 24.0 Å². The quantitative estimate of drug-likeness (QED) is 0.280. The number of carbonyl (C=O) groups is 1. The standard InChI is InChI=1S/C25H36N4O5S2/c1-16(2)15-29-21-11-10-19(13-23(21)35-24(29)27-17(3)4)36(33,34)26-14-22(30)20(28-25(31)32)12-18-8-6-5-7-9-18/h5-11,13,16-17,20,22,24,26-28,30H,12,14-15H2,1-4H3,(H,31,32)/t20-,22-,24?/m0/s1. The smallest absolute Gasteiger partial charge is 0.404 e. The zero-order chi connectivity index (χ0) is 26.5. The van der Waals surface area contributed by atoms with Crippen LogP contribution >= 0.6 is 11.8 Å². The minimum atomic E-state index is -3.93. The lowest BCUT2D eigenvalue weighted by Crippen LogP contribution is -2.49. The lowest BCUT2D eigenvalue weighted by atomic mass is 10.0. The number of carboxylic acid groups (broad SMARTS) is 1. The number of hydrogen-bond acceptors (Lipinski definition) is 7. The molecule has 1 amide bonds. The van der Waals surface area contributed by atoms with Crippen molar-refractivity contribution in [2.24, 2.45) is 5.92 Å². The van der Waals surface area contributed by atoms with Crippen LogP contribution in [-0.4, -0.2) is 61.5 Å². The molecule has 2 aromatic rings. The molecule has 1 unspecified atom stereocenters. The number of aliphatic hydroxyl groups is 1. The summed E-state index contributed by atoms with van der Waals surface area (Å²) in [5.41, 5.74) is 1.82. The summed E-state index contributed by atoms with van der Waals surface area (Å²) in [6.45, 7) is 8.95. The molecule has 0 aliphatic carbocycles. The molecule has 3 atom stereocenters. The average molecular weight is 537 g/mol. The van der Waals surface area contributed by atoms with Crippen molar-refractivity contribution in [1.82, 2.24) is 15.4 Å². The van der Waals surface area contributed by atoms with Crippen molar-refractivity contribution in [2.75, 3.05) is 18.0 Å². The van der Waals surface area contributed by atoms with E-state index in [0.717, 1.165) is 22.7 Å². The molecule has 0 saturated carbocycles. The van der Waals surface area contributed by atoms with E-state index in [2.05, 4.69) is 48.0 Å². The van der Waals surface area contributed by atoms with E-state index in [1.54, 1.807) is 23.9 Å². The number of sulfonamides is 1. The molecule has 0 bridgehead atoms. The molecule has 0 fully saturated rings. The molecule has 0 spiro atoms. The van der Waals surface area contributed by atoms with Gasteiger partial charge in [-0.05, 0) is 49.9 Å². The Kier molecular flexibility index (Phi) is 9.65. The van der Waals surface area contributed by atoms with Crippen LogP contribution in [0.15, 0.2) is 58.3 Å². The second-order valence-corrected chi connectivity index (χ2v) is 12.5. The van der Waals surface area contributed by atoms with Gasteiger partial charge in [0.25, 0.3) is 0 Å². The van der Waals surface area contributed by atoms with E-state index >= 15 is 0 Å². The predicted molar refractivity (Wildman–Crippen MR) is 143 cm³/mol. The number of fused-ring (bicyclic) bond motifs is 1. The molecule has 3 rings (SSSR count). The van der Waals surface area contributed by atoms with Crippen molar-refractivity contribution >= 4 is 33.6 Å². The third kappa shape index (κ3) is 7.59. The first kappa shape index (κ1) is 28.3. The molecule has 0 radical (unpaired) electrons. The maximum Gasteiger partial charge on any atom is 0.404 e. The summed E-state index contributed by atoms with van der Waals surface area (Å²) >= 11 is 1.58. The SMILES string of the molecule is CC(C)CN1c2ccc(S(=O)(=O)NC[C@H](O)[C@H](Cc3ccccc3)NC(=O)O)cc2SC1NC(C)C. The molecule has 1 heterocycles. The number of nitrogens with zero attached hydrogens (tertiary/aromatic N) is 1. The molecule has 2 aromatic carbocycles. The highest BCUT2D eigenvalue weighted by molar-refractivity contribution is 8.00. The van der Waals surface area contributed by atoms with Crippen LogP contribution in [0.4, 0.5) is 10.5 Å². The predicted octanol–water partition coefficient (Wildman–Crippen LogP) is 3.05. The molecule has 1 aliphatic heterocycles. The molecule has 11 heteroatoms. The van der Waals surface area contributed by atoms with E-state index in [-0.39, 0.29) is 29.4 Å². The van der Waals surface area contributed by atoms with Crippen LogP contribution in [-0.2, 0) is 16.4 Å². The molecule has 1 aliphatic rings. The first-order valence-electron chi connectivity index (χ1n) is 12.0. The summed E-state index contributed by atoms with van der Waals surface area (Å²) in [6, 6.07) is 13.5. The van der Waals surface area contributed by atoms with Gasteiger partial charge >= 0.3 is 6.09 Å². The molecule has 36 heavy (non-hydrogen) atoms. The van der Waals surface area contributed by atoms with Gasteiger partial charge in [-0.2, -0.15) is 0 Å². The Morgan fingerprint density at radius 3 is 2.42 bits per heavy atom. The van der Waals surface area contributed by atoms with E-state index in [0.29, 0.717) is 5.92 Å². The Morgan fingerprint density at radius 1 is 1.11 bits per heavy atom. The minimum absolute atomic E-state index is 0.0102. The summed E-state index contributed by atoms with van der Waals surface area (Å²) in [5, 5.41) is 25.7. The van der Waals surface area contributed by atoms with Crippen molar-refractivity contribution in [3.05, 3.63) is 54.1 Å². The molecule has 0 saturated heterocycles. The number of rotatable bonds is 12. The van der Waals surface area contributed by atoms with E-state index in [1.807, 2.05) is 36.4 Å². The second kappa shape index (κ2) is 12.3. The minimum Gasteiger partial charge on any atom is -0.465 e. The molecule has 198 valence electrons. The van der Waals surface area contributed by atoms with Gasteiger partial charge in [0.2, 0.25) is 10.0 Å². The maximum atomic E-state index is 13.1. The highest BCUT2D eigenvalue weighted by Crippen LogP contribution is 2.43. The van der Waals surface area contributed by atoms with Gasteiger partial charge in [-0.25, -0.2) is 17.9 Å². The number of thioether (sulfide) groups is 1. The number of aliphatic hydroxyl groups excluding tert-OH is 1. The van der Waals surface area contributed by atoms with Gasteiger partial charge in [-0.15, -0.1) is 0 Å². The van der Waals surface area contributed by atoms with Crippen LogP contribution < -0.4 is 20.3 Å². The van der Waals surface area contributed by atoms with Crippen LogP contribution in [0.2, 0.25) is 0 Å². The topological polar surface area (TPSA) is 131 Å². The van der Waals surface area contributed by atoms with Gasteiger partial charge in [0.15, 0.2) is 0 Å². The van der Waals surface area contributed by atoms with E-state index in [4.69, 9.17) is 0 Å². The van der Waals surface area contributed by atoms with Crippen molar-refractivity contribution < 1.29 is 23.4 Å². The summed E-state index contributed by atoms with van der Waals surface area (Å²) in [5.74, 6) is 0.433. The first-order chi connectivity index (χ1) is 17.0. The van der Waals surface area contributed by atoms with Gasteiger partial charge in [-0.1, -0.05) is 55.9 Å². The third-order valence-electron chi connectivity index (χ3n) is 5.66. The largest absolute Gasteiger partial charge is 0.465 e. The number of nitrogens with one attached hydrogen (secondary N) is 3. The Labute approximate surface area is 217 Å². The van der Waals surface area contributed by atoms with Gasteiger partial charge in [-0.3, -0.25) is 5.32 Å².